The van der Waals surface area contributed by atoms with E-state index in [2.05, 4.69) is 45.1 Å². The fraction of sp³-hybridized carbons (Fsp3) is 0.385. The third kappa shape index (κ3) is 2.67. The lowest BCUT2D eigenvalue weighted by atomic mass is 10.1. The highest BCUT2D eigenvalue weighted by Gasteiger charge is 2.42. The zero-order valence-electron chi connectivity index (χ0n) is 9.47. The summed E-state index contributed by atoms with van der Waals surface area (Å²) in [7, 11) is 0. The van der Waals surface area contributed by atoms with Crippen LogP contribution < -0.4 is 0 Å². The van der Waals surface area contributed by atoms with Crippen LogP contribution in [0, 0.1) is 0 Å². The van der Waals surface area contributed by atoms with E-state index in [0.717, 1.165) is 0 Å². The second-order valence-electron chi connectivity index (χ2n) is 4.76. The number of benzene rings is 1. The molecule has 2 heteroatoms. The Labute approximate surface area is 91.1 Å². The molecular formula is C13H17NO. The van der Waals surface area contributed by atoms with Gasteiger partial charge in [-0.15, -0.1) is 5.06 Å². The molecule has 0 aliphatic carbocycles. The molecular weight excluding hydrogens is 186 g/mol. The van der Waals surface area contributed by atoms with Gasteiger partial charge in [0.2, 0.25) is 0 Å². The highest BCUT2D eigenvalue weighted by molar-refractivity contribution is 5.49. The van der Waals surface area contributed by atoms with Gasteiger partial charge in [-0.3, -0.25) is 4.84 Å². The highest BCUT2D eigenvalue weighted by atomic mass is 16.8. The Hall–Kier alpha value is -1.12. The van der Waals surface area contributed by atoms with E-state index in [4.69, 9.17) is 4.84 Å². The molecule has 0 bridgehead atoms. The maximum Gasteiger partial charge on any atom is 0.174 e. The van der Waals surface area contributed by atoms with Gasteiger partial charge in [-0.2, -0.15) is 0 Å². The first-order valence-corrected chi connectivity index (χ1v) is 5.27. The van der Waals surface area contributed by atoms with E-state index in [9.17, 15) is 0 Å². The van der Waals surface area contributed by atoms with E-state index in [1.54, 1.807) is 0 Å². The van der Waals surface area contributed by atoms with Crippen LogP contribution in [0.3, 0.4) is 0 Å². The lowest BCUT2D eigenvalue weighted by molar-refractivity contribution is 0.101. The maximum absolute atomic E-state index is 5.45. The van der Waals surface area contributed by atoms with Crippen molar-refractivity contribution in [1.82, 2.24) is 5.06 Å². The van der Waals surface area contributed by atoms with Crippen LogP contribution in [0.2, 0.25) is 0 Å². The first-order chi connectivity index (χ1) is 7.07. The van der Waals surface area contributed by atoms with Crippen LogP contribution in [0.4, 0.5) is 0 Å². The van der Waals surface area contributed by atoms with Gasteiger partial charge in [0.1, 0.15) is 0 Å². The molecule has 1 heterocycles. The van der Waals surface area contributed by atoms with Crippen molar-refractivity contribution in [3.63, 3.8) is 0 Å². The number of hydrogen-bond donors (Lipinski definition) is 0. The van der Waals surface area contributed by atoms with Crippen LogP contribution in [0.5, 0.6) is 0 Å². The van der Waals surface area contributed by atoms with Crippen LogP contribution in [0.15, 0.2) is 36.4 Å². The molecule has 0 amide bonds. The number of hydroxylamine groups is 2. The molecule has 0 spiro atoms. The van der Waals surface area contributed by atoms with Gasteiger partial charge in [0.05, 0.1) is 0 Å². The highest BCUT2D eigenvalue weighted by Crippen LogP contribution is 2.31. The Morgan fingerprint density at radius 2 is 1.87 bits per heavy atom. The Balaban J connectivity index is 1.93. The molecule has 0 radical (unpaired) electrons. The van der Waals surface area contributed by atoms with Crippen molar-refractivity contribution in [2.75, 3.05) is 0 Å². The molecule has 0 saturated carbocycles. The Morgan fingerprint density at radius 1 is 1.20 bits per heavy atom. The average Bonchev–Trinajstić information content (AvgIpc) is 2.95. The molecule has 1 saturated heterocycles. The topological polar surface area (TPSA) is 15.5 Å². The van der Waals surface area contributed by atoms with E-state index in [1.807, 2.05) is 23.3 Å². The van der Waals surface area contributed by atoms with Crippen LogP contribution in [0.1, 0.15) is 26.3 Å². The van der Waals surface area contributed by atoms with Gasteiger partial charge in [-0.25, -0.2) is 0 Å². The van der Waals surface area contributed by atoms with Gasteiger partial charge in [-0.05, 0) is 32.4 Å². The van der Waals surface area contributed by atoms with Gasteiger partial charge in [-0.1, -0.05) is 36.4 Å². The van der Waals surface area contributed by atoms with E-state index >= 15 is 0 Å². The predicted octanol–water partition coefficient (Wildman–Crippen LogP) is 3.07. The van der Waals surface area contributed by atoms with Crippen molar-refractivity contribution in [2.24, 2.45) is 0 Å². The fourth-order valence-corrected chi connectivity index (χ4v) is 1.50. The third-order valence-corrected chi connectivity index (χ3v) is 2.32. The minimum atomic E-state index is 0.0890. The summed E-state index contributed by atoms with van der Waals surface area (Å²) in [5, 5.41) is 1.99. The first kappa shape index (κ1) is 10.4. The smallest absolute Gasteiger partial charge is 0.174 e. The number of hydrogen-bond acceptors (Lipinski definition) is 2. The summed E-state index contributed by atoms with van der Waals surface area (Å²) in [5.74, 6) is 0. The van der Waals surface area contributed by atoms with Crippen molar-refractivity contribution in [3.05, 3.63) is 42.0 Å². The zero-order valence-corrected chi connectivity index (χ0v) is 9.47. The van der Waals surface area contributed by atoms with Crippen molar-refractivity contribution in [2.45, 2.75) is 32.5 Å². The maximum atomic E-state index is 5.45. The minimum Gasteiger partial charge on any atom is -0.270 e. The average molecular weight is 203 g/mol. The largest absolute Gasteiger partial charge is 0.270 e. The van der Waals surface area contributed by atoms with Gasteiger partial charge >= 0.3 is 0 Å². The summed E-state index contributed by atoms with van der Waals surface area (Å²) in [4.78, 5) is 5.45. The molecule has 1 aliphatic heterocycles. The van der Waals surface area contributed by atoms with Gasteiger partial charge in [0.15, 0.2) is 6.23 Å². The van der Waals surface area contributed by atoms with Gasteiger partial charge in [0.25, 0.3) is 0 Å². The molecule has 2 atom stereocenters. The lowest BCUT2D eigenvalue weighted by Crippen LogP contribution is -2.26. The molecule has 1 aromatic carbocycles. The van der Waals surface area contributed by atoms with Crippen LogP contribution in [-0.2, 0) is 4.84 Å². The Morgan fingerprint density at radius 3 is 2.40 bits per heavy atom. The summed E-state index contributed by atoms with van der Waals surface area (Å²) in [6.45, 7) is 6.43. The van der Waals surface area contributed by atoms with Crippen LogP contribution in [-0.4, -0.2) is 16.8 Å². The van der Waals surface area contributed by atoms with Crippen molar-refractivity contribution < 1.29 is 4.84 Å². The third-order valence-electron chi connectivity index (χ3n) is 2.32. The van der Waals surface area contributed by atoms with Gasteiger partial charge < -0.3 is 0 Å². The minimum absolute atomic E-state index is 0.0890. The molecule has 15 heavy (non-hydrogen) atoms. The van der Waals surface area contributed by atoms with E-state index in [0.29, 0.717) is 0 Å². The molecule has 2 rings (SSSR count). The lowest BCUT2D eigenvalue weighted by Gasteiger charge is -2.15. The van der Waals surface area contributed by atoms with Crippen molar-refractivity contribution in [3.8, 4) is 0 Å². The van der Waals surface area contributed by atoms with Crippen LogP contribution >= 0.6 is 0 Å². The van der Waals surface area contributed by atoms with E-state index < -0.39 is 0 Å². The van der Waals surface area contributed by atoms with E-state index in [1.165, 1.54) is 5.56 Å². The molecule has 0 aromatic heterocycles. The Bertz CT molecular complexity index is 351. The van der Waals surface area contributed by atoms with E-state index in [-0.39, 0.29) is 11.8 Å². The van der Waals surface area contributed by atoms with Crippen LogP contribution in [0.25, 0.3) is 6.08 Å². The van der Waals surface area contributed by atoms with Crippen molar-refractivity contribution >= 4 is 6.08 Å². The van der Waals surface area contributed by atoms with Gasteiger partial charge in [0, 0.05) is 5.54 Å². The van der Waals surface area contributed by atoms with Crippen molar-refractivity contribution in [1.29, 1.82) is 0 Å². The summed E-state index contributed by atoms with van der Waals surface area (Å²) in [5.41, 5.74) is 1.30. The summed E-state index contributed by atoms with van der Waals surface area (Å²) in [6.07, 6.45) is 4.32. The predicted molar refractivity (Wildman–Crippen MR) is 61.9 cm³/mol. The second kappa shape index (κ2) is 3.80. The Kier molecular flexibility index (Phi) is 2.63. The molecule has 2 nitrogen and oxygen atoms in total. The molecule has 1 aliphatic rings. The first-order valence-electron chi connectivity index (χ1n) is 5.27. The molecule has 80 valence electrons. The normalized spacial score (nSPS) is 25.8. The summed E-state index contributed by atoms with van der Waals surface area (Å²) >= 11 is 0. The molecule has 2 unspecified atom stereocenters. The number of rotatable bonds is 2. The zero-order chi connectivity index (χ0) is 10.9. The second-order valence-corrected chi connectivity index (χ2v) is 4.76. The molecule has 1 fully saturated rings. The monoisotopic (exact) mass is 203 g/mol. The molecule has 1 aromatic rings. The number of nitrogens with zero attached hydrogens (tertiary/aromatic N) is 1. The quantitative estimate of drug-likeness (QED) is 0.686. The summed E-state index contributed by atoms with van der Waals surface area (Å²) < 4.78 is 0. The SMILES string of the molecule is CC(C)(C)N1OC1/C=C/c1ccccc1. The molecule has 0 N–H and O–H groups in total. The summed E-state index contributed by atoms with van der Waals surface area (Å²) in [6, 6.07) is 10.3. The fourth-order valence-electron chi connectivity index (χ4n) is 1.50. The standard InChI is InChI=1S/C13H17NO/c1-13(2,3)14-12(15-14)10-9-11-7-5-4-6-8-11/h4-10,12H,1-3H3/b10-9+.